The zero-order chi connectivity index (χ0) is 20.7. The number of aryl methyl sites for hydroxylation is 1. The van der Waals surface area contributed by atoms with Gasteiger partial charge in [0, 0.05) is 37.0 Å². The summed E-state index contributed by atoms with van der Waals surface area (Å²) in [5.41, 5.74) is 1.63. The quantitative estimate of drug-likeness (QED) is 0.757. The molecule has 0 saturated carbocycles. The van der Waals surface area contributed by atoms with Crippen LogP contribution in [0.15, 0.2) is 36.4 Å². The van der Waals surface area contributed by atoms with E-state index < -0.39 is 5.41 Å². The van der Waals surface area contributed by atoms with Gasteiger partial charge in [-0.3, -0.25) is 9.59 Å². The maximum Gasteiger partial charge on any atom is 0.263 e. The van der Waals surface area contributed by atoms with Gasteiger partial charge >= 0.3 is 0 Å². The number of carbonyl (C=O) groups excluding carboxylic acids is 2. The highest BCUT2D eigenvalue weighted by Gasteiger charge is 2.58. The van der Waals surface area contributed by atoms with Crippen molar-refractivity contribution in [3.8, 4) is 10.4 Å². The third-order valence-corrected chi connectivity index (χ3v) is 7.82. The summed E-state index contributed by atoms with van der Waals surface area (Å²) < 4.78 is 11.1. The van der Waals surface area contributed by atoms with Crippen LogP contribution in [0.1, 0.15) is 15.2 Å². The van der Waals surface area contributed by atoms with Crippen LogP contribution in [0.25, 0.3) is 10.4 Å². The van der Waals surface area contributed by atoms with Crippen molar-refractivity contribution < 1.29 is 19.1 Å². The van der Waals surface area contributed by atoms with Gasteiger partial charge in [0.05, 0.1) is 36.7 Å². The molecule has 6 nitrogen and oxygen atoms in total. The number of rotatable bonds is 3. The lowest BCUT2D eigenvalue weighted by Crippen LogP contribution is -2.52. The average Bonchev–Trinajstić information content (AvgIpc) is 3.46. The largest absolute Gasteiger partial charge is 0.380 e. The van der Waals surface area contributed by atoms with Crippen LogP contribution in [0.3, 0.4) is 0 Å². The molecule has 0 radical (unpaired) electrons. The fourth-order valence-corrected chi connectivity index (χ4v) is 6.04. The Bertz CT molecular complexity index is 953. The summed E-state index contributed by atoms with van der Waals surface area (Å²) in [5, 5.41) is 0. The molecule has 1 aromatic heterocycles. The topological polar surface area (TPSA) is 59.1 Å². The minimum atomic E-state index is -0.610. The summed E-state index contributed by atoms with van der Waals surface area (Å²) in [5.74, 6) is 0.205. The van der Waals surface area contributed by atoms with Gasteiger partial charge in [-0.05, 0) is 24.1 Å². The molecule has 3 aliphatic heterocycles. The van der Waals surface area contributed by atoms with Crippen LogP contribution in [0, 0.1) is 18.3 Å². The number of likely N-dealkylation sites (tertiary alicyclic amines) is 1. The van der Waals surface area contributed by atoms with Gasteiger partial charge in [0.15, 0.2) is 0 Å². The van der Waals surface area contributed by atoms with E-state index in [0.29, 0.717) is 52.6 Å². The number of thiophene rings is 1. The Labute approximate surface area is 180 Å². The van der Waals surface area contributed by atoms with Gasteiger partial charge in [0.25, 0.3) is 5.91 Å². The fourth-order valence-electron chi connectivity index (χ4n) is 4.89. The number of fused-ring (bicyclic) bond motifs is 1. The van der Waals surface area contributed by atoms with E-state index >= 15 is 0 Å². The molecule has 0 unspecified atom stereocenters. The Morgan fingerprint density at radius 3 is 2.63 bits per heavy atom. The number of carbonyl (C=O) groups is 2. The first-order valence-corrected chi connectivity index (χ1v) is 11.3. The molecule has 7 heteroatoms. The third-order valence-electron chi connectivity index (χ3n) is 6.55. The van der Waals surface area contributed by atoms with Gasteiger partial charge in [0.2, 0.25) is 5.91 Å². The lowest BCUT2D eigenvalue weighted by Gasteiger charge is -2.35. The van der Waals surface area contributed by atoms with Crippen molar-refractivity contribution >= 4 is 23.2 Å². The minimum absolute atomic E-state index is 0.0221. The second-order valence-corrected chi connectivity index (χ2v) is 9.50. The molecule has 3 fully saturated rings. The van der Waals surface area contributed by atoms with Crippen LogP contribution >= 0.6 is 11.3 Å². The van der Waals surface area contributed by atoms with Crippen molar-refractivity contribution in [2.45, 2.75) is 6.92 Å². The molecule has 0 aliphatic carbocycles. The molecule has 4 heterocycles. The molecule has 0 bridgehead atoms. The molecule has 2 atom stereocenters. The number of amides is 2. The van der Waals surface area contributed by atoms with Crippen molar-refractivity contribution in [1.82, 2.24) is 9.80 Å². The summed E-state index contributed by atoms with van der Waals surface area (Å²) in [6.45, 7) is 6.38. The lowest BCUT2D eigenvalue weighted by atomic mass is 9.79. The van der Waals surface area contributed by atoms with E-state index in [1.54, 1.807) is 0 Å². The molecule has 30 heavy (non-hydrogen) atoms. The van der Waals surface area contributed by atoms with Crippen LogP contribution in [-0.4, -0.2) is 74.2 Å². The van der Waals surface area contributed by atoms with E-state index in [1.165, 1.54) is 11.3 Å². The second-order valence-electron chi connectivity index (χ2n) is 8.45. The van der Waals surface area contributed by atoms with Gasteiger partial charge in [-0.1, -0.05) is 30.3 Å². The van der Waals surface area contributed by atoms with Crippen LogP contribution in [0.5, 0.6) is 0 Å². The summed E-state index contributed by atoms with van der Waals surface area (Å²) >= 11 is 1.54. The Morgan fingerprint density at radius 2 is 1.87 bits per heavy atom. The van der Waals surface area contributed by atoms with E-state index in [1.807, 2.05) is 41.0 Å². The highest BCUT2D eigenvalue weighted by atomic mass is 32.1. The molecule has 0 N–H and O–H groups in total. The smallest absolute Gasteiger partial charge is 0.263 e. The van der Waals surface area contributed by atoms with Gasteiger partial charge < -0.3 is 19.3 Å². The number of morpholine rings is 1. The van der Waals surface area contributed by atoms with E-state index in [2.05, 4.69) is 12.1 Å². The highest BCUT2D eigenvalue weighted by molar-refractivity contribution is 7.17. The molecule has 3 saturated heterocycles. The maximum absolute atomic E-state index is 13.4. The molecule has 1 aromatic carbocycles. The normalized spacial score (nSPS) is 26.1. The minimum Gasteiger partial charge on any atom is -0.380 e. The average molecular weight is 427 g/mol. The molecule has 5 rings (SSSR count). The number of hydrogen-bond acceptors (Lipinski definition) is 5. The maximum atomic E-state index is 13.4. The Morgan fingerprint density at radius 1 is 1.10 bits per heavy atom. The zero-order valence-corrected chi connectivity index (χ0v) is 18.0. The van der Waals surface area contributed by atoms with Crippen LogP contribution < -0.4 is 0 Å². The molecule has 2 aromatic rings. The van der Waals surface area contributed by atoms with E-state index in [0.717, 1.165) is 20.9 Å². The summed E-state index contributed by atoms with van der Waals surface area (Å²) in [7, 11) is 0. The first kappa shape index (κ1) is 19.7. The second kappa shape index (κ2) is 7.80. The number of benzene rings is 1. The van der Waals surface area contributed by atoms with E-state index in [4.69, 9.17) is 9.47 Å². The van der Waals surface area contributed by atoms with Gasteiger partial charge in [-0.25, -0.2) is 0 Å². The first-order chi connectivity index (χ1) is 14.6. The number of ether oxygens (including phenoxy) is 2. The van der Waals surface area contributed by atoms with Gasteiger partial charge in [-0.2, -0.15) is 0 Å². The number of hydrogen-bond donors (Lipinski definition) is 0. The van der Waals surface area contributed by atoms with E-state index in [9.17, 15) is 9.59 Å². The van der Waals surface area contributed by atoms with E-state index in [-0.39, 0.29) is 17.7 Å². The highest BCUT2D eigenvalue weighted by Crippen LogP contribution is 2.44. The Hall–Kier alpha value is -2.22. The summed E-state index contributed by atoms with van der Waals surface area (Å²) in [6, 6.07) is 12.1. The van der Waals surface area contributed by atoms with Crippen molar-refractivity contribution in [2.24, 2.45) is 11.3 Å². The standard InChI is InChI=1S/C23H26N2O4S/c1-16-11-19(30-20(16)17-5-3-2-4-6-17)21(26)25-12-18-13-29-15-23(18,14-25)22(27)24-7-9-28-10-8-24/h2-6,11,18H,7-10,12-15H2,1H3/t18-,23-/m0/s1. The molecule has 3 aliphatic rings. The number of nitrogens with zero attached hydrogens (tertiary/aromatic N) is 2. The molecular formula is C23H26N2O4S. The predicted octanol–water partition coefficient (Wildman–Crippen LogP) is 2.67. The van der Waals surface area contributed by atoms with Gasteiger partial charge in [0.1, 0.15) is 0 Å². The molecule has 2 amide bonds. The Balaban J connectivity index is 1.37. The van der Waals surface area contributed by atoms with Crippen LogP contribution in [0.4, 0.5) is 0 Å². The Kier molecular flexibility index (Phi) is 5.13. The van der Waals surface area contributed by atoms with Crippen LogP contribution in [0.2, 0.25) is 0 Å². The van der Waals surface area contributed by atoms with Crippen molar-refractivity contribution in [2.75, 3.05) is 52.6 Å². The van der Waals surface area contributed by atoms with Crippen molar-refractivity contribution in [3.63, 3.8) is 0 Å². The monoisotopic (exact) mass is 426 g/mol. The lowest BCUT2D eigenvalue weighted by molar-refractivity contribution is -0.146. The molecule has 158 valence electrons. The fraction of sp³-hybridized carbons (Fsp3) is 0.478. The van der Waals surface area contributed by atoms with Gasteiger partial charge in [-0.15, -0.1) is 11.3 Å². The van der Waals surface area contributed by atoms with Crippen molar-refractivity contribution in [3.05, 3.63) is 46.8 Å². The summed E-state index contributed by atoms with van der Waals surface area (Å²) in [6.07, 6.45) is 0. The molecular weight excluding hydrogens is 400 g/mol. The first-order valence-electron chi connectivity index (χ1n) is 10.5. The third kappa shape index (κ3) is 3.25. The SMILES string of the molecule is Cc1cc(C(=O)N2C[C@H]3COC[C@@]3(C(=O)N3CCOCC3)C2)sc1-c1ccccc1. The zero-order valence-electron chi connectivity index (χ0n) is 17.1. The summed E-state index contributed by atoms with van der Waals surface area (Å²) in [4.78, 5) is 32.4. The molecule has 0 spiro atoms. The predicted molar refractivity (Wildman–Crippen MR) is 115 cm³/mol. The van der Waals surface area contributed by atoms with Crippen LogP contribution in [-0.2, 0) is 14.3 Å². The van der Waals surface area contributed by atoms with Crippen molar-refractivity contribution in [1.29, 1.82) is 0 Å².